The van der Waals surface area contributed by atoms with Gasteiger partial charge in [-0.1, -0.05) is 19.0 Å². The number of hydrogen-bond acceptors (Lipinski definition) is 5. The summed E-state index contributed by atoms with van der Waals surface area (Å²) in [6.45, 7) is 4.34. The molecule has 5 rings (SSSR count). The van der Waals surface area contributed by atoms with Gasteiger partial charge in [0.1, 0.15) is 5.69 Å². The number of pyridine rings is 1. The van der Waals surface area contributed by atoms with E-state index in [0.717, 1.165) is 24.6 Å². The van der Waals surface area contributed by atoms with Gasteiger partial charge < -0.3 is 9.42 Å². The van der Waals surface area contributed by atoms with Crippen molar-refractivity contribution in [2.75, 3.05) is 13.1 Å². The predicted octanol–water partition coefficient (Wildman–Crippen LogP) is 4.99. The summed E-state index contributed by atoms with van der Waals surface area (Å²) in [4.78, 5) is 18.9. The lowest BCUT2D eigenvalue weighted by Gasteiger charge is -2.31. The molecule has 1 atom stereocenters. The number of piperidine rings is 1. The Bertz CT molecular complexity index is 1160. The Labute approximate surface area is 182 Å². The molecule has 32 heavy (non-hydrogen) atoms. The van der Waals surface area contributed by atoms with Crippen molar-refractivity contribution >= 4 is 17.0 Å². The first-order chi connectivity index (χ1) is 15.2. The Morgan fingerprint density at radius 2 is 2.00 bits per heavy atom. The number of fused-ring (bicyclic) bond motifs is 1. The Hall–Kier alpha value is -2.91. The van der Waals surface area contributed by atoms with Gasteiger partial charge in [0.15, 0.2) is 0 Å². The molecule has 3 aromatic rings. The molecule has 1 aliphatic carbocycles. The smallest absolute Gasteiger partial charge is 0.337 e. The van der Waals surface area contributed by atoms with Gasteiger partial charge in [0, 0.05) is 36.3 Å². The summed E-state index contributed by atoms with van der Waals surface area (Å²) in [6, 6.07) is 2.87. The van der Waals surface area contributed by atoms with Crippen LogP contribution in [0.25, 0.3) is 11.1 Å². The highest BCUT2D eigenvalue weighted by Crippen LogP contribution is 2.41. The van der Waals surface area contributed by atoms with Gasteiger partial charge in [-0.25, -0.2) is 4.98 Å². The van der Waals surface area contributed by atoms with Crippen molar-refractivity contribution < 1.29 is 22.5 Å². The van der Waals surface area contributed by atoms with Gasteiger partial charge in [0.05, 0.1) is 16.6 Å². The molecule has 0 unspecified atom stereocenters. The number of likely N-dealkylation sites (tertiary alicyclic amines) is 1. The van der Waals surface area contributed by atoms with Gasteiger partial charge in [0.2, 0.25) is 0 Å². The fraction of sp³-hybridized carbons (Fsp3) is 0.545. The molecule has 7 nitrogen and oxygen atoms in total. The molecule has 0 spiro atoms. The molecular formula is C22H24F3N5O2. The number of aromatic amines is 1. The number of aromatic nitrogens is 4. The molecule has 0 aromatic carbocycles. The molecule has 1 saturated carbocycles. The van der Waals surface area contributed by atoms with Crippen molar-refractivity contribution in [1.82, 2.24) is 25.2 Å². The number of H-pyrrole nitrogens is 1. The van der Waals surface area contributed by atoms with Crippen molar-refractivity contribution in [1.29, 1.82) is 0 Å². The first-order valence-electron chi connectivity index (χ1n) is 10.9. The number of nitrogens with one attached hydrogen (secondary N) is 1. The molecule has 1 saturated heterocycles. The average Bonchev–Trinajstić information content (AvgIpc) is 3.33. The zero-order valence-electron chi connectivity index (χ0n) is 17.9. The van der Waals surface area contributed by atoms with E-state index in [1.54, 1.807) is 24.8 Å². The van der Waals surface area contributed by atoms with Crippen molar-refractivity contribution in [2.45, 2.75) is 63.5 Å². The fourth-order valence-electron chi connectivity index (χ4n) is 4.39. The van der Waals surface area contributed by atoms with Crippen molar-refractivity contribution in [3.8, 4) is 0 Å². The minimum absolute atomic E-state index is 0.100. The van der Waals surface area contributed by atoms with Gasteiger partial charge in [-0.2, -0.15) is 18.3 Å². The molecule has 10 heteroatoms. The summed E-state index contributed by atoms with van der Waals surface area (Å²) in [5, 5.41) is 11.0. The first kappa shape index (κ1) is 21.0. The Morgan fingerprint density at radius 1 is 1.22 bits per heavy atom. The van der Waals surface area contributed by atoms with Crippen LogP contribution in [-0.4, -0.2) is 44.2 Å². The second kappa shape index (κ2) is 7.60. The third-order valence-electron chi connectivity index (χ3n) is 6.32. The second-order valence-corrected chi connectivity index (χ2v) is 9.07. The van der Waals surface area contributed by atoms with Crippen LogP contribution in [0.1, 0.15) is 90.4 Å². The number of halogens is 3. The van der Waals surface area contributed by atoms with Crippen LogP contribution in [0, 0.1) is 0 Å². The molecule has 170 valence electrons. The van der Waals surface area contributed by atoms with Crippen molar-refractivity contribution in [2.24, 2.45) is 0 Å². The number of rotatable bonds is 4. The lowest BCUT2D eigenvalue weighted by molar-refractivity contribution is -0.136. The average molecular weight is 447 g/mol. The van der Waals surface area contributed by atoms with E-state index in [1.165, 1.54) is 0 Å². The summed E-state index contributed by atoms with van der Waals surface area (Å²) in [5.41, 5.74) is 0.935. The molecule has 0 bridgehead atoms. The van der Waals surface area contributed by atoms with E-state index in [2.05, 4.69) is 20.3 Å². The van der Waals surface area contributed by atoms with Crippen LogP contribution in [0.4, 0.5) is 13.2 Å². The molecule has 0 radical (unpaired) electrons. The molecule has 2 aliphatic rings. The summed E-state index contributed by atoms with van der Waals surface area (Å²) in [5.74, 6) is -0.333. The van der Waals surface area contributed by atoms with E-state index in [4.69, 9.17) is 4.52 Å². The lowest BCUT2D eigenvalue weighted by Crippen LogP contribution is -2.39. The van der Waals surface area contributed by atoms with E-state index in [-0.39, 0.29) is 41.1 Å². The quantitative estimate of drug-likeness (QED) is 0.609. The normalized spacial score (nSPS) is 19.8. The molecule has 3 aromatic heterocycles. The maximum Gasteiger partial charge on any atom is 0.417 e. The van der Waals surface area contributed by atoms with Gasteiger partial charge in [0.25, 0.3) is 11.6 Å². The highest BCUT2D eigenvalue weighted by Gasteiger charge is 2.39. The van der Waals surface area contributed by atoms with Gasteiger partial charge in [-0.15, -0.1) is 0 Å². The number of amides is 1. The van der Waals surface area contributed by atoms with Crippen molar-refractivity contribution in [3.63, 3.8) is 0 Å². The summed E-state index contributed by atoms with van der Waals surface area (Å²) in [7, 11) is 0. The molecule has 2 fully saturated rings. The Kier molecular flexibility index (Phi) is 4.98. The van der Waals surface area contributed by atoms with Crippen LogP contribution >= 0.6 is 0 Å². The standard InChI is InChI=1S/C22H24F3N5O2/c1-11(2)15-8-14(22(23,24)25)18-19(29-32-20(18)26-15)13-4-3-7-30(10-13)21(31)17-9-16(27-28-17)12-5-6-12/h8-9,11-13H,3-7,10H2,1-2H3,(H,27,28)/t13-/m0/s1. The second-order valence-electron chi connectivity index (χ2n) is 9.07. The maximum atomic E-state index is 13.9. The largest absolute Gasteiger partial charge is 0.417 e. The molecule has 1 aliphatic heterocycles. The molecule has 4 heterocycles. The van der Waals surface area contributed by atoms with Crippen LogP contribution in [0.5, 0.6) is 0 Å². The molecular weight excluding hydrogens is 423 g/mol. The van der Waals surface area contributed by atoms with Crippen LogP contribution in [0.15, 0.2) is 16.7 Å². The highest BCUT2D eigenvalue weighted by molar-refractivity contribution is 5.92. The summed E-state index contributed by atoms with van der Waals surface area (Å²) < 4.78 is 47.0. The summed E-state index contributed by atoms with van der Waals surface area (Å²) in [6.07, 6.45) is -1.11. The monoisotopic (exact) mass is 447 g/mol. The van der Waals surface area contributed by atoms with E-state index < -0.39 is 11.7 Å². The van der Waals surface area contributed by atoms with Crippen LogP contribution in [0.3, 0.4) is 0 Å². The van der Waals surface area contributed by atoms with E-state index in [1.807, 2.05) is 0 Å². The zero-order chi connectivity index (χ0) is 22.6. The highest BCUT2D eigenvalue weighted by atomic mass is 19.4. The minimum Gasteiger partial charge on any atom is -0.337 e. The predicted molar refractivity (Wildman–Crippen MR) is 109 cm³/mol. The van der Waals surface area contributed by atoms with E-state index >= 15 is 0 Å². The molecule has 1 N–H and O–H groups in total. The third kappa shape index (κ3) is 3.75. The number of alkyl halides is 3. The zero-order valence-corrected chi connectivity index (χ0v) is 17.9. The van der Waals surface area contributed by atoms with Crippen LogP contribution < -0.4 is 0 Å². The van der Waals surface area contributed by atoms with Crippen LogP contribution in [-0.2, 0) is 6.18 Å². The third-order valence-corrected chi connectivity index (χ3v) is 6.32. The van der Waals surface area contributed by atoms with Gasteiger partial charge in [-0.3, -0.25) is 9.89 Å². The summed E-state index contributed by atoms with van der Waals surface area (Å²) >= 11 is 0. The maximum absolute atomic E-state index is 13.9. The SMILES string of the molecule is CC(C)c1cc(C(F)(F)F)c2c([C@H]3CCCN(C(=O)c4cc(C5CC5)[nH]n4)C3)noc2n1. The minimum atomic E-state index is -4.57. The number of nitrogens with zero attached hydrogens (tertiary/aromatic N) is 4. The topological polar surface area (TPSA) is 87.9 Å². The first-order valence-corrected chi connectivity index (χ1v) is 10.9. The van der Waals surface area contributed by atoms with Gasteiger partial charge >= 0.3 is 6.18 Å². The van der Waals surface area contributed by atoms with Gasteiger partial charge in [-0.05, 0) is 43.7 Å². The lowest BCUT2D eigenvalue weighted by atomic mass is 9.91. The van der Waals surface area contributed by atoms with E-state index in [0.29, 0.717) is 36.7 Å². The number of carbonyl (C=O) groups is 1. The number of hydrogen-bond donors (Lipinski definition) is 1. The Morgan fingerprint density at radius 3 is 2.69 bits per heavy atom. The molecule has 1 amide bonds. The van der Waals surface area contributed by atoms with Crippen LogP contribution in [0.2, 0.25) is 0 Å². The number of carbonyl (C=O) groups excluding carboxylic acids is 1. The van der Waals surface area contributed by atoms with E-state index in [9.17, 15) is 18.0 Å². The Balaban J connectivity index is 1.46. The van der Waals surface area contributed by atoms with Crippen molar-refractivity contribution in [3.05, 3.63) is 40.5 Å². The fourth-order valence-corrected chi connectivity index (χ4v) is 4.39.